The average Bonchev–Trinajstić information content (AvgIpc) is 2.98. The number of amides is 2. The first-order valence-electron chi connectivity index (χ1n) is 6.07. The highest BCUT2D eigenvalue weighted by molar-refractivity contribution is 5.98. The minimum Gasteiger partial charge on any atom is -0.496 e. The van der Waals surface area contributed by atoms with E-state index in [1.54, 1.807) is 24.3 Å². The zero-order valence-corrected chi connectivity index (χ0v) is 10.6. The normalized spacial score (nSPS) is 17.8. The van der Waals surface area contributed by atoms with Gasteiger partial charge in [0.25, 0.3) is 11.8 Å². The maximum atomic E-state index is 11.9. The summed E-state index contributed by atoms with van der Waals surface area (Å²) in [6.45, 7) is 0.582. The second kappa shape index (κ2) is 6.19. The van der Waals surface area contributed by atoms with Gasteiger partial charge >= 0.3 is 0 Å². The van der Waals surface area contributed by atoms with Gasteiger partial charge in [-0.15, -0.1) is 0 Å². The average molecular weight is 264 g/mol. The Balaban J connectivity index is 1.92. The Morgan fingerprint density at radius 2 is 2.11 bits per heavy atom. The molecule has 6 nitrogen and oxygen atoms in total. The molecule has 1 saturated heterocycles. The fourth-order valence-electron chi connectivity index (χ4n) is 1.88. The summed E-state index contributed by atoms with van der Waals surface area (Å²) < 4.78 is 10.3. The van der Waals surface area contributed by atoms with Crippen LogP contribution in [0.2, 0.25) is 0 Å². The van der Waals surface area contributed by atoms with Crippen molar-refractivity contribution in [2.24, 2.45) is 0 Å². The molecule has 6 heteroatoms. The van der Waals surface area contributed by atoms with Crippen LogP contribution in [0.25, 0.3) is 0 Å². The summed E-state index contributed by atoms with van der Waals surface area (Å²) in [5.74, 6) is -0.309. The lowest BCUT2D eigenvalue weighted by molar-refractivity contribution is -0.130. The maximum Gasteiger partial charge on any atom is 0.273 e. The Labute approximate surface area is 111 Å². The molecule has 1 aliphatic heterocycles. The minimum atomic E-state index is -0.474. The zero-order valence-electron chi connectivity index (χ0n) is 10.6. The fourth-order valence-corrected chi connectivity index (χ4v) is 1.88. The number of rotatable bonds is 3. The molecule has 1 aliphatic rings. The monoisotopic (exact) mass is 264 g/mol. The lowest BCUT2D eigenvalue weighted by Crippen LogP contribution is -2.46. The molecule has 0 saturated carbocycles. The molecule has 0 aromatic heterocycles. The van der Waals surface area contributed by atoms with Gasteiger partial charge in [0, 0.05) is 6.61 Å². The van der Waals surface area contributed by atoms with Gasteiger partial charge in [-0.3, -0.25) is 20.4 Å². The summed E-state index contributed by atoms with van der Waals surface area (Å²) in [6, 6.07) is 6.78. The van der Waals surface area contributed by atoms with Crippen LogP contribution >= 0.6 is 0 Å². The van der Waals surface area contributed by atoms with E-state index in [1.165, 1.54) is 7.11 Å². The molecule has 1 fully saturated rings. The molecule has 0 radical (unpaired) electrons. The van der Waals surface area contributed by atoms with E-state index < -0.39 is 12.0 Å². The fraction of sp³-hybridized carbons (Fsp3) is 0.385. The van der Waals surface area contributed by atoms with Crippen LogP contribution in [0.1, 0.15) is 23.2 Å². The van der Waals surface area contributed by atoms with Gasteiger partial charge in [0.05, 0.1) is 12.7 Å². The first-order valence-corrected chi connectivity index (χ1v) is 6.07. The van der Waals surface area contributed by atoms with Crippen LogP contribution in [0.15, 0.2) is 24.3 Å². The third-order valence-electron chi connectivity index (χ3n) is 2.87. The molecule has 0 aliphatic carbocycles. The first-order chi connectivity index (χ1) is 9.22. The van der Waals surface area contributed by atoms with Crippen molar-refractivity contribution in [1.29, 1.82) is 0 Å². The Kier molecular flexibility index (Phi) is 4.35. The van der Waals surface area contributed by atoms with Gasteiger partial charge < -0.3 is 9.47 Å². The highest BCUT2D eigenvalue weighted by Crippen LogP contribution is 2.16. The van der Waals surface area contributed by atoms with Gasteiger partial charge in [0.1, 0.15) is 11.9 Å². The highest BCUT2D eigenvalue weighted by atomic mass is 16.5. The summed E-state index contributed by atoms with van der Waals surface area (Å²) >= 11 is 0. The molecule has 1 aromatic rings. The van der Waals surface area contributed by atoms with Crippen molar-refractivity contribution in [2.75, 3.05) is 13.7 Å². The van der Waals surface area contributed by atoms with E-state index >= 15 is 0 Å². The minimum absolute atomic E-state index is 0.333. The Morgan fingerprint density at radius 1 is 1.32 bits per heavy atom. The second-order valence-corrected chi connectivity index (χ2v) is 4.15. The van der Waals surface area contributed by atoms with Crippen molar-refractivity contribution in [3.63, 3.8) is 0 Å². The van der Waals surface area contributed by atoms with E-state index in [2.05, 4.69) is 10.9 Å². The smallest absolute Gasteiger partial charge is 0.273 e. The highest BCUT2D eigenvalue weighted by Gasteiger charge is 2.24. The van der Waals surface area contributed by atoms with E-state index in [0.717, 1.165) is 6.42 Å². The molecule has 2 amide bonds. The van der Waals surface area contributed by atoms with Gasteiger partial charge in [-0.05, 0) is 25.0 Å². The third-order valence-corrected chi connectivity index (χ3v) is 2.87. The number of para-hydroxylation sites is 1. The van der Waals surface area contributed by atoms with Crippen molar-refractivity contribution in [1.82, 2.24) is 10.9 Å². The van der Waals surface area contributed by atoms with E-state index in [9.17, 15) is 9.59 Å². The molecule has 1 atom stereocenters. The number of carbonyl (C=O) groups is 2. The van der Waals surface area contributed by atoms with Crippen LogP contribution in [0.5, 0.6) is 5.75 Å². The largest absolute Gasteiger partial charge is 0.496 e. The topological polar surface area (TPSA) is 76.7 Å². The number of methoxy groups -OCH3 is 1. The molecular weight excluding hydrogens is 248 g/mol. The van der Waals surface area contributed by atoms with E-state index in [-0.39, 0.29) is 5.91 Å². The number of ether oxygens (including phenoxy) is 2. The van der Waals surface area contributed by atoms with Crippen LogP contribution in [0.3, 0.4) is 0 Å². The molecule has 1 aromatic carbocycles. The van der Waals surface area contributed by atoms with Crippen molar-refractivity contribution < 1.29 is 19.1 Å². The van der Waals surface area contributed by atoms with Gasteiger partial charge in [0.15, 0.2) is 0 Å². The summed E-state index contributed by atoms with van der Waals surface area (Å²) in [6.07, 6.45) is 1.06. The van der Waals surface area contributed by atoms with Crippen LogP contribution < -0.4 is 15.6 Å². The number of carbonyl (C=O) groups excluding carboxylic acids is 2. The van der Waals surface area contributed by atoms with E-state index in [0.29, 0.717) is 24.3 Å². The molecule has 0 unspecified atom stereocenters. The molecule has 1 heterocycles. The van der Waals surface area contributed by atoms with Crippen molar-refractivity contribution in [2.45, 2.75) is 18.9 Å². The van der Waals surface area contributed by atoms with Gasteiger partial charge in [0.2, 0.25) is 0 Å². The Hall–Kier alpha value is -2.08. The van der Waals surface area contributed by atoms with Crippen LogP contribution in [-0.4, -0.2) is 31.6 Å². The summed E-state index contributed by atoms with van der Waals surface area (Å²) in [5, 5.41) is 0. The van der Waals surface area contributed by atoms with Gasteiger partial charge in [-0.1, -0.05) is 12.1 Å². The molecule has 0 bridgehead atoms. The Morgan fingerprint density at radius 3 is 2.79 bits per heavy atom. The van der Waals surface area contributed by atoms with Crippen LogP contribution in [0.4, 0.5) is 0 Å². The zero-order chi connectivity index (χ0) is 13.7. The lowest BCUT2D eigenvalue weighted by Gasteiger charge is -2.12. The quantitative estimate of drug-likeness (QED) is 0.785. The van der Waals surface area contributed by atoms with Crippen molar-refractivity contribution in [3.05, 3.63) is 29.8 Å². The van der Waals surface area contributed by atoms with E-state index in [4.69, 9.17) is 9.47 Å². The Bertz CT molecular complexity index is 469. The number of hydrogen-bond donors (Lipinski definition) is 2. The summed E-state index contributed by atoms with van der Waals surface area (Å²) in [5.41, 5.74) is 5.07. The first kappa shape index (κ1) is 13.4. The molecule has 2 N–H and O–H groups in total. The van der Waals surface area contributed by atoms with Gasteiger partial charge in [-0.2, -0.15) is 0 Å². The van der Waals surface area contributed by atoms with Crippen LogP contribution in [0, 0.1) is 0 Å². The van der Waals surface area contributed by atoms with Gasteiger partial charge in [-0.25, -0.2) is 0 Å². The number of hydrazine groups is 1. The predicted octanol–water partition coefficient (Wildman–Crippen LogP) is 0.635. The molecule has 102 valence electrons. The molecule has 0 spiro atoms. The number of benzene rings is 1. The summed E-state index contributed by atoms with van der Waals surface area (Å²) in [7, 11) is 1.48. The second-order valence-electron chi connectivity index (χ2n) is 4.15. The molecule has 2 rings (SSSR count). The third kappa shape index (κ3) is 3.23. The molecule has 19 heavy (non-hydrogen) atoms. The summed E-state index contributed by atoms with van der Waals surface area (Å²) in [4.78, 5) is 23.6. The molecular formula is C13H16N2O4. The SMILES string of the molecule is COc1ccccc1C(=O)NNC(=O)[C@H]1CCCO1. The van der Waals surface area contributed by atoms with E-state index in [1.807, 2.05) is 0 Å². The lowest BCUT2D eigenvalue weighted by atomic mass is 10.2. The van der Waals surface area contributed by atoms with Crippen molar-refractivity contribution >= 4 is 11.8 Å². The maximum absolute atomic E-state index is 11.9. The van der Waals surface area contributed by atoms with Crippen molar-refractivity contribution in [3.8, 4) is 5.75 Å². The predicted molar refractivity (Wildman–Crippen MR) is 67.6 cm³/mol. The standard InChI is InChI=1S/C13H16N2O4/c1-18-10-6-3-2-5-9(10)12(16)14-15-13(17)11-7-4-8-19-11/h2-3,5-6,11H,4,7-8H2,1H3,(H,14,16)(H,15,17)/t11-/m1/s1. The number of hydrogen-bond acceptors (Lipinski definition) is 4. The van der Waals surface area contributed by atoms with Crippen LogP contribution in [-0.2, 0) is 9.53 Å². The number of nitrogens with one attached hydrogen (secondary N) is 2.